The number of hydrogen-bond acceptors (Lipinski definition) is 2. The van der Waals surface area contributed by atoms with E-state index in [2.05, 4.69) is 38.5 Å². The standard InChI is InChI=1S/C11H13BrINO2/c1-3-9(7(2)12)10-5-4-8(13)6-11(10)14(15)16/h4-7,9H,3H2,1-2H3. The van der Waals surface area contributed by atoms with Crippen LogP contribution < -0.4 is 0 Å². The zero-order valence-electron chi connectivity index (χ0n) is 9.11. The number of nitrogens with zero attached hydrogens (tertiary/aromatic N) is 1. The first-order valence-electron chi connectivity index (χ1n) is 5.05. The summed E-state index contributed by atoms with van der Waals surface area (Å²) < 4.78 is 0.894. The van der Waals surface area contributed by atoms with Crippen molar-refractivity contribution in [3.05, 3.63) is 37.4 Å². The van der Waals surface area contributed by atoms with Crippen LogP contribution in [0.2, 0.25) is 0 Å². The van der Waals surface area contributed by atoms with E-state index in [1.807, 2.05) is 26.0 Å². The van der Waals surface area contributed by atoms with Gasteiger partial charge in [-0.3, -0.25) is 10.1 Å². The Kier molecular flexibility index (Phi) is 5.17. The van der Waals surface area contributed by atoms with Crippen LogP contribution in [0.5, 0.6) is 0 Å². The van der Waals surface area contributed by atoms with E-state index < -0.39 is 0 Å². The molecule has 2 atom stereocenters. The Balaban J connectivity index is 3.26. The van der Waals surface area contributed by atoms with Crippen LogP contribution in [0.3, 0.4) is 0 Å². The summed E-state index contributed by atoms with van der Waals surface area (Å²) in [6.07, 6.45) is 0.883. The number of benzene rings is 1. The minimum absolute atomic E-state index is 0.178. The quantitative estimate of drug-likeness (QED) is 0.325. The van der Waals surface area contributed by atoms with E-state index in [-0.39, 0.29) is 21.4 Å². The van der Waals surface area contributed by atoms with Gasteiger partial charge in [0.15, 0.2) is 0 Å². The van der Waals surface area contributed by atoms with E-state index in [4.69, 9.17) is 0 Å². The molecule has 16 heavy (non-hydrogen) atoms. The van der Waals surface area contributed by atoms with Crippen molar-refractivity contribution in [2.45, 2.75) is 31.0 Å². The van der Waals surface area contributed by atoms with Crippen LogP contribution in [0.25, 0.3) is 0 Å². The number of nitro benzene ring substituents is 1. The number of nitro groups is 1. The highest BCUT2D eigenvalue weighted by Crippen LogP contribution is 2.34. The summed E-state index contributed by atoms with van der Waals surface area (Å²) in [5.41, 5.74) is 1.04. The lowest BCUT2D eigenvalue weighted by Crippen LogP contribution is -2.10. The summed E-state index contributed by atoms with van der Waals surface area (Å²) in [7, 11) is 0. The molecule has 0 heterocycles. The molecule has 0 fully saturated rings. The summed E-state index contributed by atoms with van der Waals surface area (Å²) in [4.78, 5) is 10.9. The maximum absolute atomic E-state index is 11.0. The monoisotopic (exact) mass is 397 g/mol. The number of alkyl halides is 1. The maximum Gasteiger partial charge on any atom is 0.273 e. The SMILES string of the molecule is CCC(c1ccc(I)cc1[N+](=O)[O-])C(C)Br. The van der Waals surface area contributed by atoms with Crippen molar-refractivity contribution in [3.8, 4) is 0 Å². The molecular weight excluding hydrogens is 385 g/mol. The van der Waals surface area contributed by atoms with E-state index in [0.29, 0.717) is 0 Å². The van der Waals surface area contributed by atoms with Crippen molar-refractivity contribution < 1.29 is 4.92 Å². The number of halogens is 2. The molecule has 1 aromatic carbocycles. The normalized spacial score (nSPS) is 14.5. The van der Waals surface area contributed by atoms with Crippen LogP contribution in [0, 0.1) is 13.7 Å². The summed E-state index contributed by atoms with van der Waals surface area (Å²) in [5, 5.41) is 11.0. The van der Waals surface area contributed by atoms with Gasteiger partial charge in [-0.15, -0.1) is 0 Å². The molecule has 5 heteroatoms. The van der Waals surface area contributed by atoms with Gasteiger partial charge in [-0.1, -0.05) is 35.8 Å². The zero-order chi connectivity index (χ0) is 12.3. The third kappa shape index (κ3) is 3.16. The van der Waals surface area contributed by atoms with Crippen LogP contribution in [-0.2, 0) is 0 Å². The van der Waals surface area contributed by atoms with Crippen LogP contribution in [0.4, 0.5) is 5.69 Å². The number of hydrogen-bond donors (Lipinski definition) is 0. The van der Waals surface area contributed by atoms with E-state index in [1.54, 1.807) is 6.07 Å². The smallest absolute Gasteiger partial charge is 0.258 e. The molecule has 1 aromatic rings. The molecule has 0 N–H and O–H groups in total. The highest BCUT2D eigenvalue weighted by atomic mass is 127. The Morgan fingerprint density at radius 3 is 2.62 bits per heavy atom. The van der Waals surface area contributed by atoms with Crippen molar-refractivity contribution in [1.82, 2.24) is 0 Å². The van der Waals surface area contributed by atoms with Crippen LogP contribution in [0.1, 0.15) is 31.7 Å². The fourth-order valence-electron chi connectivity index (χ4n) is 1.78. The van der Waals surface area contributed by atoms with Crippen LogP contribution >= 0.6 is 38.5 Å². The summed E-state index contributed by atoms with van der Waals surface area (Å²) in [5.74, 6) is 0.178. The second-order valence-electron chi connectivity index (χ2n) is 3.65. The molecule has 0 amide bonds. The lowest BCUT2D eigenvalue weighted by molar-refractivity contribution is -0.385. The van der Waals surface area contributed by atoms with Gasteiger partial charge in [0.05, 0.1) is 4.92 Å². The summed E-state index contributed by atoms with van der Waals surface area (Å²) in [6, 6.07) is 5.42. The van der Waals surface area contributed by atoms with Crippen molar-refractivity contribution in [1.29, 1.82) is 0 Å². The zero-order valence-corrected chi connectivity index (χ0v) is 12.9. The minimum atomic E-state index is -0.296. The highest BCUT2D eigenvalue weighted by Gasteiger charge is 2.24. The van der Waals surface area contributed by atoms with Gasteiger partial charge in [-0.2, -0.15) is 0 Å². The first-order valence-corrected chi connectivity index (χ1v) is 7.04. The molecule has 0 bridgehead atoms. The molecule has 0 saturated heterocycles. The fourth-order valence-corrected chi connectivity index (χ4v) is 2.91. The Morgan fingerprint density at radius 1 is 1.56 bits per heavy atom. The Hall–Kier alpha value is -0.170. The van der Waals surface area contributed by atoms with Gasteiger partial charge in [-0.05, 0) is 35.1 Å². The maximum atomic E-state index is 11.0. The minimum Gasteiger partial charge on any atom is -0.258 e. The van der Waals surface area contributed by atoms with Gasteiger partial charge in [-0.25, -0.2) is 0 Å². The second kappa shape index (κ2) is 5.95. The lowest BCUT2D eigenvalue weighted by atomic mass is 9.92. The first kappa shape index (κ1) is 13.9. The van der Waals surface area contributed by atoms with Gasteiger partial charge in [0.25, 0.3) is 5.69 Å². The van der Waals surface area contributed by atoms with Gasteiger partial charge in [0.2, 0.25) is 0 Å². The topological polar surface area (TPSA) is 43.1 Å². The molecule has 0 aliphatic carbocycles. The van der Waals surface area contributed by atoms with Crippen LogP contribution in [0.15, 0.2) is 18.2 Å². The third-order valence-electron chi connectivity index (χ3n) is 2.58. The van der Waals surface area contributed by atoms with Gasteiger partial charge in [0.1, 0.15) is 0 Å². The summed E-state index contributed by atoms with van der Waals surface area (Å²) in [6.45, 7) is 4.07. The lowest BCUT2D eigenvalue weighted by Gasteiger charge is -2.18. The molecule has 0 radical (unpaired) electrons. The molecule has 0 spiro atoms. The molecular formula is C11H13BrINO2. The fraction of sp³-hybridized carbons (Fsp3) is 0.455. The average Bonchev–Trinajstić information content (AvgIpc) is 2.20. The van der Waals surface area contributed by atoms with E-state index >= 15 is 0 Å². The van der Waals surface area contributed by atoms with E-state index in [1.165, 1.54) is 0 Å². The molecule has 0 saturated carbocycles. The molecule has 0 aromatic heterocycles. The van der Waals surface area contributed by atoms with E-state index in [0.717, 1.165) is 15.6 Å². The first-order chi connectivity index (χ1) is 7.47. The molecule has 1 rings (SSSR count). The Bertz CT molecular complexity index is 396. The molecule has 0 aliphatic heterocycles. The summed E-state index contributed by atoms with van der Waals surface area (Å²) >= 11 is 5.61. The van der Waals surface area contributed by atoms with Gasteiger partial charge < -0.3 is 0 Å². The van der Waals surface area contributed by atoms with Crippen molar-refractivity contribution >= 4 is 44.2 Å². The number of rotatable bonds is 4. The van der Waals surface area contributed by atoms with Gasteiger partial charge in [0, 0.05) is 25.9 Å². The van der Waals surface area contributed by atoms with Gasteiger partial charge >= 0.3 is 0 Å². The molecule has 88 valence electrons. The highest BCUT2D eigenvalue weighted by molar-refractivity contribution is 14.1. The van der Waals surface area contributed by atoms with E-state index in [9.17, 15) is 10.1 Å². The average molecular weight is 398 g/mol. The second-order valence-corrected chi connectivity index (χ2v) is 6.34. The van der Waals surface area contributed by atoms with Crippen molar-refractivity contribution in [2.75, 3.05) is 0 Å². The Labute approximate surface area is 117 Å². The largest absolute Gasteiger partial charge is 0.273 e. The Morgan fingerprint density at radius 2 is 2.19 bits per heavy atom. The third-order valence-corrected chi connectivity index (χ3v) is 3.89. The molecule has 3 nitrogen and oxygen atoms in total. The molecule has 2 unspecified atom stereocenters. The van der Waals surface area contributed by atoms with Crippen molar-refractivity contribution in [3.63, 3.8) is 0 Å². The molecule has 0 aliphatic rings. The predicted molar refractivity (Wildman–Crippen MR) is 77.2 cm³/mol. The predicted octanol–water partition coefficient (Wildman–Crippen LogP) is 4.48. The van der Waals surface area contributed by atoms with Crippen LogP contribution in [-0.4, -0.2) is 9.75 Å². The van der Waals surface area contributed by atoms with Crippen molar-refractivity contribution in [2.24, 2.45) is 0 Å².